The van der Waals surface area contributed by atoms with Crippen molar-refractivity contribution >= 4 is 17.1 Å². The number of anilines is 1. The standard InChI is InChI=1S/C21H29N5O5/c1-6-25(7-2)20-22-18-17(19(28)24(4)21(29)23(18)3)26(20)12-14(27)13-31-16-10-8-15(30-5)9-11-16/h8-11,14,27H,6-7,12-13H2,1-5H3. The summed E-state index contributed by atoms with van der Waals surface area (Å²) in [6.07, 6.45) is -0.907. The number of hydrogen-bond donors (Lipinski definition) is 1. The van der Waals surface area contributed by atoms with Crippen LogP contribution in [0, 0.1) is 0 Å². The van der Waals surface area contributed by atoms with Gasteiger partial charge in [0, 0.05) is 27.2 Å². The zero-order valence-electron chi connectivity index (χ0n) is 18.5. The number of ether oxygens (including phenoxy) is 2. The summed E-state index contributed by atoms with van der Waals surface area (Å²) in [5.74, 6) is 1.84. The van der Waals surface area contributed by atoms with Crippen molar-refractivity contribution in [1.29, 1.82) is 0 Å². The van der Waals surface area contributed by atoms with Crippen molar-refractivity contribution in [1.82, 2.24) is 18.7 Å². The molecule has 2 aromatic heterocycles. The number of aliphatic hydroxyl groups excluding tert-OH is 1. The maximum Gasteiger partial charge on any atom is 0.332 e. The molecule has 1 unspecified atom stereocenters. The first-order chi connectivity index (χ1) is 14.8. The Kier molecular flexibility index (Phi) is 6.69. The topological polar surface area (TPSA) is 104 Å². The second-order valence-corrected chi connectivity index (χ2v) is 7.21. The summed E-state index contributed by atoms with van der Waals surface area (Å²) in [6, 6.07) is 7.05. The predicted molar refractivity (Wildman–Crippen MR) is 118 cm³/mol. The van der Waals surface area contributed by atoms with Crippen molar-refractivity contribution in [3.8, 4) is 11.5 Å². The van der Waals surface area contributed by atoms with Gasteiger partial charge in [-0.05, 0) is 38.1 Å². The van der Waals surface area contributed by atoms with Crippen molar-refractivity contribution in [3.63, 3.8) is 0 Å². The quantitative estimate of drug-likeness (QED) is 0.533. The minimum absolute atomic E-state index is 0.0236. The van der Waals surface area contributed by atoms with E-state index < -0.39 is 17.4 Å². The molecule has 3 aromatic rings. The molecule has 0 spiro atoms. The molecular weight excluding hydrogens is 402 g/mol. The van der Waals surface area contributed by atoms with Crippen LogP contribution < -0.4 is 25.6 Å². The van der Waals surface area contributed by atoms with Gasteiger partial charge in [-0.3, -0.25) is 13.9 Å². The highest BCUT2D eigenvalue weighted by Gasteiger charge is 2.23. The molecule has 168 valence electrons. The lowest BCUT2D eigenvalue weighted by molar-refractivity contribution is 0.0936. The summed E-state index contributed by atoms with van der Waals surface area (Å²) in [7, 11) is 4.60. The molecule has 0 radical (unpaired) electrons. The molecule has 0 bridgehead atoms. The Morgan fingerprint density at radius 3 is 2.26 bits per heavy atom. The van der Waals surface area contributed by atoms with Gasteiger partial charge in [0.05, 0.1) is 13.7 Å². The van der Waals surface area contributed by atoms with E-state index in [4.69, 9.17) is 9.47 Å². The largest absolute Gasteiger partial charge is 0.497 e. The predicted octanol–water partition coefficient (Wildman–Crippen LogP) is 0.728. The fraction of sp³-hybridized carbons (Fsp3) is 0.476. The van der Waals surface area contributed by atoms with Gasteiger partial charge in [-0.15, -0.1) is 0 Å². The number of hydrogen-bond acceptors (Lipinski definition) is 7. The first kappa shape index (κ1) is 22.4. The first-order valence-corrected chi connectivity index (χ1v) is 10.2. The van der Waals surface area contributed by atoms with Crippen LogP contribution in [0.4, 0.5) is 5.95 Å². The zero-order valence-corrected chi connectivity index (χ0v) is 18.5. The molecular formula is C21H29N5O5. The second kappa shape index (κ2) is 9.25. The Morgan fingerprint density at radius 2 is 1.68 bits per heavy atom. The molecule has 0 fully saturated rings. The Bertz CT molecular complexity index is 1160. The van der Waals surface area contributed by atoms with Crippen LogP contribution in [-0.4, -0.2) is 56.7 Å². The Morgan fingerprint density at radius 1 is 1.06 bits per heavy atom. The summed E-state index contributed by atoms with van der Waals surface area (Å²) in [5.41, 5.74) is -0.336. The average Bonchev–Trinajstić information content (AvgIpc) is 3.15. The number of rotatable bonds is 9. The number of imidazole rings is 1. The molecule has 3 rings (SSSR count). The molecule has 0 aliphatic rings. The van der Waals surface area contributed by atoms with E-state index in [0.29, 0.717) is 36.2 Å². The summed E-state index contributed by atoms with van der Waals surface area (Å²) in [6.45, 7) is 5.39. The van der Waals surface area contributed by atoms with E-state index in [1.807, 2.05) is 18.7 Å². The number of aryl methyl sites for hydroxylation is 1. The maximum absolute atomic E-state index is 12.9. The number of fused-ring (bicyclic) bond motifs is 1. The maximum atomic E-state index is 12.9. The molecule has 0 aliphatic heterocycles. The minimum Gasteiger partial charge on any atom is -0.497 e. The van der Waals surface area contributed by atoms with Gasteiger partial charge in [0.25, 0.3) is 5.56 Å². The van der Waals surface area contributed by atoms with Gasteiger partial charge in [0.2, 0.25) is 5.95 Å². The number of aromatic nitrogens is 4. The molecule has 1 N–H and O–H groups in total. The van der Waals surface area contributed by atoms with Crippen LogP contribution in [0.2, 0.25) is 0 Å². The average molecular weight is 431 g/mol. The lowest BCUT2D eigenvalue weighted by Gasteiger charge is -2.22. The summed E-state index contributed by atoms with van der Waals surface area (Å²) >= 11 is 0. The second-order valence-electron chi connectivity index (χ2n) is 7.21. The summed E-state index contributed by atoms with van der Waals surface area (Å²) in [5, 5.41) is 10.7. The smallest absolute Gasteiger partial charge is 0.332 e. The SMILES string of the molecule is CCN(CC)c1nc2c(c(=O)n(C)c(=O)n2C)n1CC(O)COc1ccc(OC)cc1. The van der Waals surface area contributed by atoms with E-state index in [9.17, 15) is 14.7 Å². The molecule has 0 amide bonds. The fourth-order valence-corrected chi connectivity index (χ4v) is 3.48. The van der Waals surface area contributed by atoms with Crippen molar-refractivity contribution in [2.45, 2.75) is 26.5 Å². The number of nitrogens with zero attached hydrogens (tertiary/aromatic N) is 5. The number of methoxy groups -OCH3 is 1. The van der Waals surface area contributed by atoms with Gasteiger partial charge in [-0.1, -0.05) is 0 Å². The van der Waals surface area contributed by atoms with E-state index >= 15 is 0 Å². The van der Waals surface area contributed by atoms with Crippen molar-refractivity contribution in [2.24, 2.45) is 14.1 Å². The van der Waals surface area contributed by atoms with Gasteiger partial charge < -0.3 is 24.0 Å². The van der Waals surface area contributed by atoms with Crippen LogP contribution in [0.1, 0.15) is 13.8 Å². The van der Waals surface area contributed by atoms with Crippen molar-refractivity contribution in [2.75, 3.05) is 31.7 Å². The highest BCUT2D eigenvalue weighted by Crippen LogP contribution is 2.21. The third kappa shape index (κ3) is 4.29. The molecule has 0 aliphatic carbocycles. The Balaban J connectivity index is 1.95. The van der Waals surface area contributed by atoms with Gasteiger partial charge in [-0.2, -0.15) is 4.98 Å². The third-order valence-electron chi connectivity index (χ3n) is 5.27. The minimum atomic E-state index is -0.907. The number of aliphatic hydroxyl groups is 1. The normalized spacial score (nSPS) is 12.2. The molecule has 0 saturated carbocycles. The van der Waals surface area contributed by atoms with Crippen LogP contribution in [0.3, 0.4) is 0 Å². The third-order valence-corrected chi connectivity index (χ3v) is 5.27. The Labute approximate surface area is 179 Å². The molecule has 0 saturated heterocycles. The van der Waals surface area contributed by atoms with Gasteiger partial charge in [0.1, 0.15) is 24.2 Å². The van der Waals surface area contributed by atoms with Crippen molar-refractivity contribution in [3.05, 3.63) is 45.1 Å². The Hall–Kier alpha value is -3.27. The van der Waals surface area contributed by atoms with Gasteiger partial charge in [-0.25, -0.2) is 4.79 Å². The summed E-state index contributed by atoms with van der Waals surface area (Å²) < 4.78 is 14.9. The van der Waals surface area contributed by atoms with Gasteiger partial charge >= 0.3 is 5.69 Å². The van der Waals surface area contributed by atoms with Crippen LogP contribution in [0.25, 0.3) is 11.2 Å². The van der Waals surface area contributed by atoms with Crippen molar-refractivity contribution < 1.29 is 14.6 Å². The van der Waals surface area contributed by atoms with Gasteiger partial charge in [0.15, 0.2) is 11.2 Å². The first-order valence-electron chi connectivity index (χ1n) is 10.2. The molecule has 31 heavy (non-hydrogen) atoms. The molecule has 10 heteroatoms. The molecule has 2 heterocycles. The van der Waals surface area contributed by atoms with E-state index in [-0.39, 0.29) is 18.7 Å². The van der Waals surface area contributed by atoms with Crippen LogP contribution >= 0.6 is 0 Å². The highest BCUT2D eigenvalue weighted by atomic mass is 16.5. The monoisotopic (exact) mass is 431 g/mol. The number of benzene rings is 1. The molecule has 10 nitrogen and oxygen atoms in total. The van der Waals surface area contributed by atoms with E-state index in [2.05, 4.69) is 4.98 Å². The summed E-state index contributed by atoms with van der Waals surface area (Å²) in [4.78, 5) is 31.8. The highest BCUT2D eigenvalue weighted by molar-refractivity contribution is 5.74. The molecule has 1 atom stereocenters. The van der Waals surface area contributed by atoms with E-state index in [0.717, 1.165) is 4.57 Å². The van der Waals surface area contributed by atoms with E-state index in [1.54, 1.807) is 43.0 Å². The van der Waals surface area contributed by atoms with Crippen LogP contribution in [-0.2, 0) is 20.6 Å². The zero-order chi connectivity index (χ0) is 22.7. The lowest BCUT2D eigenvalue weighted by Crippen LogP contribution is -2.38. The van der Waals surface area contributed by atoms with Crippen LogP contribution in [0.5, 0.6) is 11.5 Å². The molecule has 1 aromatic carbocycles. The fourth-order valence-electron chi connectivity index (χ4n) is 3.48. The van der Waals surface area contributed by atoms with Crippen LogP contribution in [0.15, 0.2) is 33.9 Å². The lowest BCUT2D eigenvalue weighted by atomic mass is 10.3. The van der Waals surface area contributed by atoms with E-state index in [1.165, 1.54) is 11.6 Å².